The zero-order chi connectivity index (χ0) is 20.1. The number of nitrogens with zero attached hydrogens (tertiary/aromatic N) is 4. The SMILES string of the molecule is Nc1nc(N2CCN(CCCC(=O)c3ccc(F)cc3)CC2)ccc1[N+](=O)[O-]. The molecule has 0 radical (unpaired) electrons. The van der Waals surface area contributed by atoms with E-state index in [1.165, 1.54) is 30.3 Å². The van der Waals surface area contributed by atoms with Crippen LogP contribution in [0.1, 0.15) is 23.2 Å². The summed E-state index contributed by atoms with van der Waals surface area (Å²) in [5, 5.41) is 10.8. The number of ketones is 1. The molecule has 2 aromatic rings. The van der Waals surface area contributed by atoms with Gasteiger partial charge in [-0.3, -0.25) is 19.8 Å². The minimum Gasteiger partial charge on any atom is -0.378 e. The highest BCUT2D eigenvalue weighted by molar-refractivity contribution is 5.95. The number of anilines is 2. The lowest BCUT2D eigenvalue weighted by Crippen LogP contribution is -2.47. The summed E-state index contributed by atoms with van der Waals surface area (Å²) in [6.45, 7) is 3.88. The van der Waals surface area contributed by atoms with Crippen LogP contribution in [0.4, 0.5) is 21.7 Å². The Kier molecular flexibility index (Phi) is 6.15. The van der Waals surface area contributed by atoms with Gasteiger partial charge in [0.1, 0.15) is 11.6 Å². The van der Waals surface area contributed by atoms with Gasteiger partial charge >= 0.3 is 5.69 Å². The Bertz CT molecular complexity index is 851. The number of halogens is 1. The Labute approximate surface area is 161 Å². The smallest absolute Gasteiger partial charge is 0.311 e. The summed E-state index contributed by atoms with van der Waals surface area (Å²) in [5.74, 6) is 0.223. The number of hydrogen-bond acceptors (Lipinski definition) is 7. The van der Waals surface area contributed by atoms with Gasteiger partial charge in [-0.2, -0.15) is 0 Å². The third-order valence-corrected chi connectivity index (χ3v) is 4.83. The fourth-order valence-electron chi connectivity index (χ4n) is 3.23. The van der Waals surface area contributed by atoms with Gasteiger partial charge in [0.25, 0.3) is 0 Å². The Hall–Kier alpha value is -3.07. The minimum atomic E-state index is -0.544. The summed E-state index contributed by atoms with van der Waals surface area (Å²) in [4.78, 5) is 30.9. The lowest BCUT2D eigenvalue weighted by molar-refractivity contribution is -0.384. The summed E-state index contributed by atoms with van der Waals surface area (Å²) in [6.07, 6.45) is 1.16. The second kappa shape index (κ2) is 8.75. The standard InChI is InChI=1S/C19H22FN5O3/c20-15-5-3-14(4-6-15)17(26)2-1-9-23-10-12-24(13-11-23)18-8-7-16(25(27)28)19(21)22-18/h3-8H,1-2,9-13H2,(H2,21,22). The van der Waals surface area contributed by atoms with Crippen molar-refractivity contribution in [3.05, 3.63) is 57.9 Å². The summed E-state index contributed by atoms with van der Waals surface area (Å²) >= 11 is 0. The molecule has 0 bridgehead atoms. The Balaban J connectivity index is 1.44. The molecule has 0 aliphatic carbocycles. The summed E-state index contributed by atoms with van der Waals surface area (Å²) in [6, 6.07) is 8.62. The van der Waals surface area contributed by atoms with E-state index >= 15 is 0 Å². The number of Topliss-reactive ketones (excluding diaryl/α,β-unsaturated/α-hetero) is 1. The van der Waals surface area contributed by atoms with Crippen LogP contribution in [-0.2, 0) is 0 Å². The second-order valence-corrected chi connectivity index (χ2v) is 6.69. The molecule has 1 aliphatic rings. The molecule has 1 aliphatic heterocycles. The van der Waals surface area contributed by atoms with Crippen molar-refractivity contribution in [2.45, 2.75) is 12.8 Å². The van der Waals surface area contributed by atoms with Gasteiger partial charge < -0.3 is 10.6 Å². The van der Waals surface area contributed by atoms with Crippen molar-refractivity contribution < 1.29 is 14.1 Å². The first-order valence-corrected chi connectivity index (χ1v) is 9.11. The highest BCUT2D eigenvalue weighted by atomic mass is 19.1. The number of carbonyl (C=O) groups is 1. The van der Waals surface area contributed by atoms with E-state index < -0.39 is 4.92 Å². The third-order valence-electron chi connectivity index (χ3n) is 4.83. The van der Waals surface area contributed by atoms with Crippen LogP contribution in [0.15, 0.2) is 36.4 Å². The average molecular weight is 387 g/mol. The normalized spacial score (nSPS) is 14.8. The van der Waals surface area contributed by atoms with Gasteiger partial charge in [0.15, 0.2) is 5.78 Å². The van der Waals surface area contributed by atoms with E-state index in [-0.39, 0.29) is 23.1 Å². The largest absolute Gasteiger partial charge is 0.378 e. The monoisotopic (exact) mass is 387 g/mol. The maximum atomic E-state index is 12.9. The predicted molar refractivity (Wildman–Crippen MR) is 104 cm³/mol. The molecule has 3 rings (SSSR count). The maximum absolute atomic E-state index is 12.9. The van der Waals surface area contributed by atoms with Crippen molar-refractivity contribution in [3.63, 3.8) is 0 Å². The van der Waals surface area contributed by atoms with Crippen LogP contribution in [-0.4, -0.2) is 53.3 Å². The fourth-order valence-corrected chi connectivity index (χ4v) is 3.23. The van der Waals surface area contributed by atoms with E-state index in [2.05, 4.69) is 9.88 Å². The first-order chi connectivity index (χ1) is 13.4. The van der Waals surface area contributed by atoms with Gasteiger partial charge in [-0.05, 0) is 43.3 Å². The molecule has 0 saturated carbocycles. The summed E-state index contributed by atoms with van der Waals surface area (Å²) in [7, 11) is 0. The predicted octanol–water partition coefficient (Wildman–Crippen LogP) is 2.50. The zero-order valence-electron chi connectivity index (χ0n) is 15.4. The molecule has 0 atom stereocenters. The van der Waals surface area contributed by atoms with Crippen molar-refractivity contribution >= 4 is 23.1 Å². The highest BCUT2D eigenvalue weighted by Crippen LogP contribution is 2.23. The molecule has 2 heterocycles. The van der Waals surface area contributed by atoms with E-state index in [0.29, 0.717) is 17.8 Å². The van der Waals surface area contributed by atoms with E-state index in [9.17, 15) is 19.3 Å². The van der Waals surface area contributed by atoms with Crippen molar-refractivity contribution in [2.24, 2.45) is 0 Å². The molecule has 9 heteroatoms. The molecule has 1 aromatic heterocycles. The number of hydrogen-bond donors (Lipinski definition) is 1. The van der Waals surface area contributed by atoms with Gasteiger partial charge in [-0.15, -0.1) is 0 Å². The quantitative estimate of drug-likeness (QED) is 0.442. The minimum absolute atomic E-state index is 0.0178. The molecule has 1 saturated heterocycles. The van der Waals surface area contributed by atoms with Crippen LogP contribution < -0.4 is 10.6 Å². The molecule has 0 spiro atoms. The van der Waals surface area contributed by atoms with E-state index in [4.69, 9.17) is 5.73 Å². The van der Waals surface area contributed by atoms with Gasteiger partial charge in [0, 0.05) is 44.2 Å². The average Bonchev–Trinajstić information content (AvgIpc) is 2.68. The van der Waals surface area contributed by atoms with Crippen LogP contribution >= 0.6 is 0 Å². The molecule has 2 N–H and O–H groups in total. The number of piperazine rings is 1. The summed E-state index contributed by atoms with van der Waals surface area (Å²) in [5.41, 5.74) is 6.01. The van der Waals surface area contributed by atoms with Crippen molar-refractivity contribution in [3.8, 4) is 0 Å². The number of nitrogens with two attached hydrogens (primary N) is 1. The van der Waals surface area contributed by atoms with Gasteiger partial charge in [0.05, 0.1) is 4.92 Å². The Morgan fingerprint density at radius 1 is 1.14 bits per heavy atom. The first kappa shape index (κ1) is 19.7. The molecule has 148 valence electrons. The number of nitrogen functional groups attached to an aromatic ring is 1. The molecule has 0 unspecified atom stereocenters. The first-order valence-electron chi connectivity index (χ1n) is 9.11. The maximum Gasteiger partial charge on any atom is 0.311 e. The Morgan fingerprint density at radius 2 is 1.82 bits per heavy atom. The lowest BCUT2D eigenvalue weighted by atomic mass is 10.1. The van der Waals surface area contributed by atoms with E-state index in [1.807, 2.05) is 4.90 Å². The Morgan fingerprint density at radius 3 is 2.43 bits per heavy atom. The molecular formula is C19H22FN5O3. The van der Waals surface area contributed by atoms with Crippen LogP contribution in [0, 0.1) is 15.9 Å². The van der Waals surface area contributed by atoms with E-state index in [1.54, 1.807) is 6.07 Å². The van der Waals surface area contributed by atoms with Crippen LogP contribution in [0.25, 0.3) is 0 Å². The van der Waals surface area contributed by atoms with Gasteiger partial charge in [-0.25, -0.2) is 9.37 Å². The molecule has 8 nitrogen and oxygen atoms in total. The van der Waals surface area contributed by atoms with Crippen molar-refractivity contribution in [1.29, 1.82) is 0 Å². The number of rotatable bonds is 7. The van der Waals surface area contributed by atoms with Crippen LogP contribution in [0.2, 0.25) is 0 Å². The number of carbonyl (C=O) groups excluding carboxylic acids is 1. The van der Waals surface area contributed by atoms with Gasteiger partial charge in [0.2, 0.25) is 5.82 Å². The second-order valence-electron chi connectivity index (χ2n) is 6.69. The van der Waals surface area contributed by atoms with Crippen LogP contribution in [0.3, 0.4) is 0 Å². The molecule has 1 fully saturated rings. The fraction of sp³-hybridized carbons (Fsp3) is 0.368. The topological polar surface area (TPSA) is 106 Å². The summed E-state index contributed by atoms with van der Waals surface area (Å²) < 4.78 is 12.9. The lowest BCUT2D eigenvalue weighted by Gasteiger charge is -2.35. The van der Waals surface area contributed by atoms with Crippen LogP contribution in [0.5, 0.6) is 0 Å². The number of pyridine rings is 1. The third kappa shape index (κ3) is 4.80. The van der Waals surface area contributed by atoms with Gasteiger partial charge in [-0.1, -0.05) is 0 Å². The number of aromatic nitrogens is 1. The molecule has 0 amide bonds. The highest BCUT2D eigenvalue weighted by Gasteiger charge is 2.20. The number of nitro groups is 1. The van der Waals surface area contributed by atoms with Crippen molar-refractivity contribution in [2.75, 3.05) is 43.4 Å². The zero-order valence-corrected chi connectivity index (χ0v) is 15.4. The molecular weight excluding hydrogens is 365 g/mol. The van der Waals surface area contributed by atoms with E-state index in [0.717, 1.165) is 39.1 Å². The van der Waals surface area contributed by atoms with Crippen molar-refractivity contribution in [1.82, 2.24) is 9.88 Å². The number of benzene rings is 1. The molecule has 28 heavy (non-hydrogen) atoms. The molecule has 1 aromatic carbocycles.